The second kappa shape index (κ2) is 11.8. The number of nitrogens with one attached hydrogen (secondary N) is 1. The molecule has 1 atom stereocenters. The van der Waals surface area contributed by atoms with E-state index in [0.29, 0.717) is 5.25 Å². The summed E-state index contributed by atoms with van der Waals surface area (Å²) in [7, 11) is 0. The molecule has 174 valence electrons. The van der Waals surface area contributed by atoms with Crippen molar-refractivity contribution < 1.29 is 23.1 Å². The molecule has 3 aromatic rings. The predicted octanol–water partition coefficient (Wildman–Crippen LogP) is 6.74. The van der Waals surface area contributed by atoms with Gasteiger partial charge in [-0.2, -0.15) is 13.2 Å². The number of carboxylic acid groups (broad SMARTS) is 1. The standard InChI is InChI=1S/C21H27N3S.C2HF3O2/c1-4-6-14-22-21-20(23-19-9-7-8-15-24(19)21)17-10-12-18(13-11-17)25-16(3)5-2;3-2(4,5)1(6)7/h7-13,15-16,22H,4-6,14H2,1-3H3;(H,6,7). The zero-order chi connectivity index (χ0) is 23.7. The smallest absolute Gasteiger partial charge is 0.475 e. The molecule has 1 unspecified atom stereocenters. The number of unbranched alkanes of at least 4 members (excludes halogenated alkanes) is 1. The quantitative estimate of drug-likeness (QED) is 0.284. The fraction of sp³-hybridized carbons (Fsp3) is 0.391. The van der Waals surface area contributed by atoms with Gasteiger partial charge in [0.25, 0.3) is 0 Å². The molecular formula is C23H28F3N3O2S. The van der Waals surface area contributed by atoms with Gasteiger partial charge in [-0.15, -0.1) is 11.8 Å². The number of hydrogen-bond acceptors (Lipinski definition) is 4. The van der Waals surface area contributed by atoms with Crippen LogP contribution in [-0.4, -0.2) is 38.4 Å². The van der Waals surface area contributed by atoms with Gasteiger partial charge >= 0.3 is 12.1 Å². The molecule has 0 aliphatic rings. The molecule has 32 heavy (non-hydrogen) atoms. The zero-order valence-corrected chi connectivity index (χ0v) is 19.1. The van der Waals surface area contributed by atoms with Crippen LogP contribution in [0.3, 0.4) is 0 Å². The molecule has 0 bridgehead atoms. The third-order valence-electron chi connectivity index (χ3n) is 4.64. The van der Waals surface area contributed by atoms with Gasteiger partial charge in [0.15, 0.2) is 0 Å². The number of alkyl halides is 3. The largest absolute Gasteiger partial charge is 0.490 e. The number of pyridine rings is 1. The van der Waals surface area contributed by atoms with Crippen LogP contribution >= 0.6 is 11.8 Å². The molecule has 0 aliphatic carbocycles. The van der Waals surface area contributed by atoms with Gasteiger partial charge in [0.05, 0.1) is 0 Å². The van der Waals surface area contributed by atoms with Crippen LogP contribution in [0.4, 0.5) is 19.0 Å². The topological polar surface area (TPSA) is 66.6 Å². The lowest BCUT2D eigenvalue weighted by molar-refractivity contribution is -0.192. The van der Waals surface area contributed by atoms with E-state index in [1.54, 1.807) is 0 Å². The van der Waals surface area contributed by atoms with Crippen LogP contribution < -0.4 is 5.32 Å². The third-order valence-corrected chi connectivity index (χ3v) is 5.92. The number of imidazole rings is 1. The minimum absolute atomic E-state index is 0.646. The number of hydrogen-bond donors (Lipinski definition) is 2. The molecule has 2 N–H and O–H groups in total. The van der Waals surface area contributed by atoms with Crippen LogP contribution in [0.1, 0.15) is 40.0 Å². The second-order valence-corrected chi connectivity index (χ2v) is 8.69. The molecule has 2 heterocycles. The van der Waals surface area contributed by atoms with Crippen molar-refractivity contribution in [1.29, 1.82) is 0 Å². The number of halogens is 3. The van der Waals surface area contributed by atoms with E-state index in [1.807, 2.05) is 17.8 Å². The summed E-state index contributed by atoms with van der Waals surface area (Å²) in [4.78, 5) is 15.1. The molecule has 0 aliphatic heterocycles. The molecule has 0 spiro atoms. The summed E-state index contributed by atoms with van der Waals surface area (Å²) in [6.45, 7) is 7.69. The van der Waals surface area contributed by atoms with Crippen molar-refractivity contribution in [2.24, 2.45) is 0 Å². The Kier molecular flexibility index (Phi) is 9.43. The molecule has 5 nitrogen and oxygen atoms in total. The fourth-order valence-corrected chi connectivity index (χ4v) is 3.68. The van der Waals surface area contributed by atoms with Crippen molar-refractivity contribution in [3.05, 3.63) is 48.7 Å². The van der Waals surface area contributed by atoms with Crippen LogP contribution in [-0.2, 0) is 4.79 Å². The predicted molar refractivity (Wildman–Crippen MR) is 123 cm³/mol. The van der Waals surface area contributed by atoms with E-state index in [-0.39, 0.29) is 0 Å². The Labute approximate surface area is 190 Å². The van der Waals surface area contributed by atoms with E-state index in [4.69, 9.17) is 14.9 Å². The normalized spacial score (nSPS) is 12.2. The van der Waals surface area contributed by atoms with Gasteiger partial charge in [0.1, 0.15) is 17.2 Å². The van der Waals surface area contributed by atoms with Crippen molar-refractivity contribution in [3.63, 3.8) is 0 Å². The number of rotatable bonds is 8. The summed E-state index contributed by atoms with van der Waals surface area (Å²) in [5.41, 5.74) is 3.17. The van der Waals surface area contributed by atoms with Crippen LogP contribution in [0.15, 0.2) is 53.6 Å². The monoisotopic (exact) mass is 467 g/mol. The molecule has 0 amide bonds. The Morgan fingerprint density at radius 2 is 1.84 bits per heavy atom. The highest BCUT2D eigenvalue weighted by Gasteiger charge is 2.38. The highest BCUT2D eigenvalue weighted by atomic mass is 32.2. The second-order valence-electron chi connectivity index (χ2n) is 7.18. The lowest BCUT2D eigenvalue weighted by atomic mass is 10.1. The third kappa shape index (κ3) is 7.19. The molecule has 2 aromatic heterocycles. The van der Waals surface area contributed by atoms with Gasteiger partial charge in [0, 0.05) is 28.5 Å². The molecule has 0 fully saturated rings. The van der Waals surface area contributed by atoms with E-state index in [0.717, 1.165) is 35.7 Å². The zero-order valence-electron chi connectivity index (χ0n) is 18.3. The van der Waals surface area contributed by atoms with Crippen molar-refractivity contribution >= 4 is 29.2 Å². The molecule has 0 saturated heterocycles. The minimum Gasteiger partial charge on any atom is -0.475 e. The highest BCUT2D eigenvalue weighted by Crippen LogP contribution is 2.32. The van der Waals surface area contributed by atoms with Crippen LogP contribution in [0, 0.1) is 0 Å². The number of fused-ring (bicyclic) bond motifs is 1. The lowest BCUT2D eigenvalue weighted by Gasteiger charge is -2.10. The average molecular weight is 468 g/mol. The molecule has 9 heteroatoms. The highest BCUT2D eigenvalue weighted by molar-refractivity contribution is 7.99. The first kappa shape index (κ1) is 25.6. The molecule has 0 saturated carbocycles. The molecular weight excluding hydrogens is 439 g/mol. The Morgan fingerprint density at radius 3 is 2.41 bits per heavy atom. The van der Waals surface area contributed by atoms with Crippen molar-refractivity contribution in [3.8, 4) is 11.3 Å². The fourth-order valence-electron chi connectivity index (χ4n) is 2.76. The molecule has 3 rings (SSSR count). The van der Waals surface area contributed by atoms with Gasteiger partial charge in [-0.25, -0.2) is 9.78 Å². The number of anilines is 1. The van der Waals surface area contributed by atoms with Crippen molar-refractivity contribution in [2.45, 2.75) is 56.4 Å². The number of carboxylic acids is 1. The first-order valence-corrected chi connectivity index (χ1v) is 11.3. The van der Waals surface area contributed by atoms with Crippen LogP contribution in [0.25, 0.3) is 16.9 Å². The summed E-state index contributed by atoms with van der Waals surface area (Å²) in [5, 5.41) is 11.4. The maximum atomic E-state index is 10.6. The minimum atomic E-state index is -5.08. The van der Waals surface area contributed by atoms with E-state index < -0.39 is 12.1 Å². The van der Waals surface area contributed by atoms with Crippen molar-refractivity contribution in [2.75, 3.05) is 11.9 Å². The van der Waals surface area contributed by atoms with Gasteiger partial charge in [-0.1, -0.05) is 45.4 Å². The lowest BCUT2D eigenvalue weighted by Crippen LogP contribution is -2.21. The maximum absolute atomic E-state index is 10.6. The van der Waals surface area contributed by atoms with Crippen LogP contribution in [0.2, 0.25) is 0 Å². The molecule has 0 radical (unpaired) electrons. The Morgan fingerprint density at radius 1 is 1.19 bits per heavy atom. The van der Waals surface area contributed by atoms with Crippen LogP contribution in [0.5, 0.6) is 0 Å². The number of aliphatic carboxylic acids is 1. The maximum Gasteiger partial charge on any atom is 0.490 e. The van der Waals surface area contributed by atoms with Gasteiger partial charge in [-0.3, -0.25) is 4.40 Å². The summed E-state index contributed by atoms with van der Waals surface area (Å²) in [6, 6.07) is 15.0. The summed E-state index contributed by atoms with van der Waals surface area (Å²) in [5.74, 6) is -1.67. The van der Waals surface area contributed by atoms with E-state index in [9.17, 15) is 13.2 Å². The van der Waals surface area contributed by atoms with E-state index in [1.165, 1.54) is 17.7 Å². The van der Waals surface area contributed by atoms with E-state index >= 15 is 0 Å². The first-order chi connectivity index (χ1) is 15.2. The summed E-state index contributed by atoms with van der Waals surface area (Å²) < 4.78 is 33.9. The van der Waals surface area contributed by atoms with Gasteiger partial charge < -0.3 is 10.4 Å². The Hall–Kier alpha value is -2.68. The first-order valence-electron chi connectivity index (χ1n) is 10.5. The SMILES string of the molecule is CCCCNc1c(-c2ccc(SC(C)CC)cc2)nc2ccccn12.O=C(O)C(F)(F)F. The average Bonchev–Trinajstić information content (AvgIpc) is 3.13. The van der Waals surface area contributed by atoms with E-state index in [2.05, 4.69) is 73.1 Å². The number of nitrogens with zero attached hydrogens (tertiary/aromatic N) is 2. The Bertz CT molecular complexity index is 1000. The van der Waals surface area contributed by atoms with Gasteiger partial charge in [0.2, 0.25) is 0 Å². The summed E-state index contributed by atoms with van der Waals surface area (Å²) >= 11 is 1.93. The van der Waals surface area contributed by atoms with Crippen molar-refractivity contribution in [1.82, 2.24) is 9.38 Å². The molecule has 1 aromatic carbocycles. The Balaban J connectivity index is 0.000000451. The number of benzene rings is 1. The number of aromatic nitrogens is 2. The van der Waals surface area contributed by atoms with Gasteiger partial charge in [-0.05, 0) is 37.1 Å². The number of carbonyl (C=O) groups is 1. The number of thioether (sulfide) groups is 1. The summed E-state index contributed by atoms with van der Waals surface area (Å²) in [6.07, 6.45) is 0.516.